The summed E-state index contributed by atoms with van der Waals surface area (Å²) >= 11 is 1.71. The van der Waals surface area contributed by atoms with Gasteiger partial charge in [-0.25, -0.2) is 4.39 Å². The van der Waals surface area contributed by atoms with Gasteiger partial charge < -0.3 is 5.32 Å². The van der Waals surface area contributed by atoms with Crippen LogP contribution < -0.4 is 5.32 Å². The first-order chi connectivity index (χ1) is 15.1. The van der Waals surface area contributed by atoms with E-state index in [9.17, 15) is 9.18 Å². The molecule has 0 bridgehead atoms. The lowest BCUT2D eigenvalue weighted by Gasteiger charge is -2.17. The summed E-state index contributed by atoms with van der Waals surface area (Å²) in [5.74, 6) is 1.14. The Balaban J connectivity index is 1.56. The van der Waals surface area contributed by atoms with E-state index in [2.05, 4.69) is 25.7 Å². The molecule has 31 heavy (non-hydrogen) atoms. The number of aromatic amines is 1. The van der Waals surface area contributed by atoms with Crippen LogP contribution in [0.5, 0.6) is 0 Å². The van der Waals surface area contributed by atoms with Gasteiger partial charge in [-0.15, -0.1) is 10.2 Å². The van der Waals surface area contributed by atoms with Crippen molar-refractivity contribution in [3.63, 3.8) is 0 Å². The third-order valence-corrected chi connectivity index (χ3v) is 5.77. The van der Waals surface area contributed by atoms with Gasteiger partial charge in [-0.3, -0.25) is 14.3 Å². The van der Waals surface area contributed by atoms with E-state index in [4.69, 9.17) is 0 Å². The summed E-state index contributed by atoms with van der Waals surface area (Å²) in [5, 5.41) is 18.9. The van der Waals surface area contributed by atoms with Gasteiger partial charge in [0.2, 0.25) is 5.91 Å². The molecule has 2 N–H and O–H groups in total. The molecule has 7 nitrogen and oxygen atoms in total. The fraction of sp³-hybridized carbons (Fsp3) is 0.273. The number of rotatable bonds is 8. The van der Waals surface area contributed by atoms with Crippen LogP contribution in [0.4, 0.5) is 4.39 Å². The van der Waals surface area contributed by atoms with Gasteiger partial charge in [0.25, 0.3) is 0 Å². The highest BCUT2D eigenvalue weighted by Crippen LogP contribution is 2.25. The van der Waals surface area contributed by atoms with E-state index in [0.717, 1.165) is 34.6 Å². The molecule has 160 valence electrons. The normalized spacial score (nSPS) is 12.2. The van der Waals surface area contributed by atoms with E-state index in [0.29, 0.717) is 11.5 Å². The number of fused-ring (bicyclic) bond motifs is 1. The molecule has 3 aromatic heterocycles. The van der Waals surface area contributed by atoms with E-state index >= 15 is 0 Å². The van der Waals surface area contributed by atoms with Crippen LogP contribution in [0.15, 0.2) is 48.7 Å². The number of carbonyl (C=O) groups excluding carboxylic acids is 1. The number of nitrogens with zero attached hydrogens (tertiary/aromatic N) is 4. The number of benzene rings is 1. The van der Waals surface area contributed by atoms with Crippen molar-refractivity contribution in [2.75, 3.05) is 12.0 Å². The monoisotopic (exact) mass is 438 g/mol. The van der Waals surface area contributed by atoms with Crippen molar-refractivity contribution in [2.45, 2.75) is 25.8 Å². The molecular weight excluding hydrogens is 415 g/mol. The van der Waals surface area contributed by atoms with Crippen molar-refractivity contribution >= 4 is 23.3 Å². The molecule has 0 aliphatic rings. The van der Waals surface area contributed by atoms with Crippen molar-refractivity contribution in [3.8, 4) is 11.3 Å². The molecule has 0 radical (unpaired) electrons. The highest BCUT2D eigenvalue weighted by atomic mass is 32.2. The van der Waals surface area contributed by atoms with Gasteiger partial charge in [-0.1, -0.05) is 6.07 Å². The second-order valence-electron chi connectivity index (χ2n) is 7.25. The largest absolute Gasteiger partial charge is 0.346 e. The highest BCUT2D eigenvalue weighted by Gasteiger charge is 2.22. The smallest absolute Gasteiger partial charge is 0.225 e. The Morgan fingerprint density at radius 2 is 2.03 bits per heavy atom. The predicted molar refractivity (Wildman–Crippen MR) is 119 cm³/mol. The molecule has 1 atom stereocenters. The first-order valence-electron chi connectivity index (χ1n) is 9.94. The topological polar surface area (TPSA) is 88.0 Å². The van der Waals surface area contributed by atoms with Gasteiger partial charge in [-0.2, -0.15) is 16.9 Å². The van der Waals surface area contributed by atoms with Crippen LogP contribution in [0.1, 0.15) is 29.5 Å². The molecule has 0 aliphatic carbocycles. The molecule has 0 aliphatic heterocycles. The molecule has 0 unspecified atom stereocenters. The lowest BCUT2D eigenvalue weighted by atomic mass is 10.0. The second kappa shape index (κ2) is 9.30. The number of nitrogens with one attached hydrogen (secondary N) is 2. The number of aromatic nitrogens is 5. The number of hydrogen-bond acceptors (Lipinski definition) is 5. The SMILES string of the molecule is CSCC[C@@H](NC(=O)Cc1c(-c2ccc(F)cc2)n[nH]c1C)c1nnc2ccccn12. The fourth-order valence-corrected chi connectivity index (χ4v) is 3.99. The maximum absolute atomic E-state index is 13.3. The van der Waals surface area contributed by atoms with E-state index in [1.54, 1.807) is 23.9 Å². The van der Waals surface area contributed by atoms with Crippen LogP contribution in [-0.4, -0.2) is 42.7 Å². The van der Waals surface area contributed by atoms with Crippen molar-refractivity contribution in [3.05, 3.63) is 71.6 Å². The van der Waals surface area contributed by atoms with Gasteiger partial charge in [0.05, 0.1) is 18.2 Å². The van der Waals surface area contributed by atoms with Crippen LogP contribution in [-0.2, 0) is 11.2 Å². The average molecular weight is 439 g/mol. The van der Waals surface area contributed by atoms with Crippen molar-refractivity contribution in [1.82, 2.24) is 30.1 Å². The van der Waals surface area contributed by atoms with Crippen LogP contribution in [0.3, 0.4) is 0 Å². The molecule has 1 aromatic carbocycles. The number of hydrogen-bond donors (Lipinski definition) is 2. The van der Waals surface area contributed by atoms with Crippen LogP contribution >= 0.6 is 11.8 Å². The summed E-state index contributed by atoms with van der Waals surface area (Å²) in [6.07, 6.45) is 4.82. The average Bonchev–Trinajstić information content (AvgIpc) is 3.36. The van der Waals surface area contributed by atoms with Gasteiger partial charge >= 0.3 is 0 Å². The summed E-state index contributed by atoms with van der Waals surface area (Å²) < 4.78 is 15.2. The Labute approximate surface area is 183 Å². The standard InChI is InChI=1S/C22H23FN6OS/c1-14-17(21(27-25-14)15-6-8-16(23)9-7-15)13-20(30)24-18(10-12-31-2)22-28-26-19-5-3-4-11-29(19)22/h3-9,11,18H,10,12-13H2,1-2H3,(H,24,30)(H,25,27)/t18-/m1/s1. The summed E-state index contributed by atoms with van der Waals surface area (Å²) in [6.45, 7) is 1.87. The number of halogens is 1. The Morgan fingerprint density at radius 3 is 2.81 bits per heavy atom. The summed E-state index contributed by atoms with van der Waals surface area (Å²) in [6, 6.07) is 11.5. The Morgan fingerprint density at radius 1 is 1.23 bits per heavy atom. The zero-order chi connectivity index (χ0) is 21.8. The first kappa shape index (κ1) is 21.0. The molecular formula is C22H23FN6OS. The quantitative estimate of drug-likeness (QED) is 0.438. The van der Waals surface area contributed by atoms with E-state index in [-0.39, 0.29) is 24.2 Å². The maximum atomic E-state index is 13.3. The number of thioether (sulfide) groups is 1. The lowest BCUT2D eigenvalue weighted by Crippen LogP contribution is -2.31. The van der Waals surface area contributed by atoms with Crippen LogP contribution in [0.2, 0.25) is 0 Å². The number of carbonyl (C=O) groups is 1. The van der Waals surface area contributed by atoms with Crippen molar-refractivity contribution in [1.29, 1.82) is 0 Å². The molecule has 0 fully saturated rings. The molecule has 0 spiro atoms. The third kappa shape index (κ3) is 4.61. The number of amides is 1. The minimum absolute atomic E-state index is 0.133. The summed E-state index contributed by atoms with van der Waals surface area (Å²) in [7, 11) is 0. The van der Waals surface area contributed by atoms with Crippen LogP contribution in [0.25, 0.3) is 16.9 Å². The number of aryl methyl sites for hydroxylation is 1. The van der Waals surface area contributed by atoms with E-state index < -0.39 is 0 Å². The van der Waals surface area contributed by atoms with Gasteiger partial charge in [-0.05, 0) is 61.8 Å². The highest BCUT2D eigenvalue weighted by molar-refractivity contribution is 7.98. The molecule has 3 heterocycles. The molecule has 4 aromatic rings. The van der Waals surface area contributed by atoms with Gasteiger partial charge in [0.15, 0.2) is 11.5 Å². The lowest BCUT2D eigenvalue weighted by molar-refractivity contribution is -0.121. The van der Waals surface area contributed by atoms with Gasteiger partial charge in [0, 0.05) is 23.0 Å². The number of pyridine rings is 1. The first-order valence-corrected chi connectivity index (χ1v) is 11.3. The third-order valence-electron chi connectivity index (χ3n) is 5.13. The summed E-state index contributed by atoms with van der Waals surface area (Å²) in [5.41, 5.74) is 3.75. The Bertz CT molecular complexity index is 1190. The van der Waals surface area contributed by atoms with Crippen LogP contribution in [0, 0.1) is 12.7 Å². The minimum atomic E-state index is -0.313. The molecule has 0 saturated carbocycles. The van der Waals surface area contributed by atoms with Crippen molar-refractivity contribution in [2.24, 2.45) is 0 Å². The molecule has 1 amide bonds. The second-order valence-corrected chi connectivity index (χ2v) is 8.23. The van der Waals surface area contributed by atoms with Gasteiger partial charge in [0.1, 0.15) is 5.82 Å². The van der Waals surface area contributed by atoms with E-state index in [1.807, 2.05) is 42.0 Å². The zero-order valence-electron chi connectivity index (χ0n) is 17.3. The Kier molecular flexibility index (Phi) is 6.31. The number of H-pyrrole nitrogens is 1. The molecule has 9 heteroatoms. The van der Waals surface area contributed by atoms with E-state index in [1.165, 1.54) is 12.1 Å². The summed E-state index contributed by atoms with van der Waals surface area (Å²) in [4.78, 5) is 13.0. The Hall–Kier alpha value is -3.20. The predicted octanol–water partition coefficient (Wildman–Crippen LogP) is 3.72. The zero-order valence-corrected chi connectivity index (χ0v) is 18.1. The fourth-order valence-electron chi connectivity index (χ4n) is 3.52. The minimum Gasteiger partial charge on any atom is -0.346 e. The molecule has 4 rings (SSSR count). The van der Waals surface area contributed by atoms with Crippen molar-refractivity contribution < 1.29 is 9.18 Å². The maximum Gasteiger partial charge on any atom is 0.225 e. The molecule has 0 saturated heterocycles.